The van der Waals surface area contributed by atoms with Gasteiger partial charge in [-0.3, -0.25) is 9.98 Å². The summed E-state index contributed by atoms with van der Waals surface area (Å²) in [5.74, 6) is 0. The first-order valence-electron chi connectivity index (χ1n) is 4.57. The molecule has 0 aromatic carbocycles. The molecule has 0 fully saturated rings. The van der Waals surface area contributed by atoms with Crippen LogP contribution in [0, 0.1) is 0 Å². The molecule has 0 saturated heterocycles. The van der Waals surface area contributed by atoms with Crippen LogP contribution in [0.15, 0.2) is 17.3 Å². The summed E-state index contributed by atoms with van der Waals surface area (Å²) in [4.78, 5) is 8.69. The van der Waals surface area contributed by atoms with Gasteiger partial charge in [-0.1, -0.05) is 20.8 Å². The first-order valence-corrected chi connectivity index (χ1v) is 4.57. The Morgan fingerprint density at radius 3 is 2.77 bits per heavy atom. The SMILES string of the molecule is CC(C)(C)c1nccc2c1C=NC2. The van der Waals surface area contributed by atoms with Crippen molar-refractivity contribution in [2.75, 3.05) is 0 Å². The lowest BCUT2D eigenvalue weighted by molar-refractivity contribution is 0.567. The second kappa shape index (κ2) is 2.66. The Bertz CT molecular complexity index is 359. The monoisotopic (exact) mass is 174 g/mol. The van der Waals surface area contributed by atoms with E-state index in [1.54, 1.807) is 0 Å². The molecule has 1 aliphatic rings. The normalized spacial score (nSPS) is 14.7. The van der Waals surface area contributed by atoms with Crippen molar-refractivity contribution in [1.82, 2.24) is 4.98 Å². The summed E-state index contributed by atoms with van der Waals surface area (Å²) in [6.07, 6.45) is 3.83. The van der Waals surface area contributed by atoms with Crippen molar-refractivity contribution in [3.05, 3.63) is 29.1 Å². The molecule has 1 aromatic rings. The fourth-order valence-corrected chi connectivity index (χ4v) is 1.63. The Morgan fingerprint density at radius 1 is 1.31 bits per heavy atom. The Hall–Kier alpha value is -1.18. The average Bonchev–Trinajstić information content (AvgIpc) is 2.48. The van der Waals surface area contributed by atoms with Crippen molar-refractivity contribution < 1.29 is 0 Å². The standard InChI is InChI=1S/C11H14N2/c1-11(2,3)10-9-7-12-6-8(9)4-5-13-10/h4-5,7H,6H2,1-3H3. The predicted octanol–water partition coefficient (Wildman–Crippen LogP) is 2.31. The second-order valence-electron chi connectivity index (χ2n) is 4.45. The summed E-state index contributed by atoms with van der Waals surface area (Å²) >= 11 is 0. The van der Waals surface area contributed by atoms with Crippen LogP contribution in [-0.4, -0.2) is 11.2 Å². The van der Waals surface area contributed by atoms with Crippen LogP contribution in [-0.2, 0) is 12.0 Å². The van der Waals surface area contributed by atoms with E-state index in [0.717, 1.165) is 12.2 Å². The molecule has 2 nitrogen and oxygen atoms in total. The van der Waals surface area contributed by atoms with Gasteiger partial charge in [0, 0.05) is 23.4 Å². The van der Waals surface area contributed by atoms with Gasteiger partial charge in [0.05, 0.1) is 12.2 Å². The lowest BCUT2D eigenvalue weighted by atomic mass is 9.87. The van der Waals surface area contributed by atoms with Gasteiger partial charge in [0.25, 0.3) is 0 Å². The quantitative estimate of drug-likeness (QED) is 0.592. The van der Waals surface area contributed by atoms with Crippen LogP contribution in [0.1, 0.15) is 37.6 Å². The third-order valence-corrected chi connectivity index (χ3v) is 2.27. The Labute approximate surface area is 78.7 Å². The van der Waals surface area contributed by atoms with Crippen LogP contribution in [0.4, 0.5) is 0 Å². The lowest BCUT2D eigenvalue weighted by Gasteiger charge is -2.19. The molecular formula is C11H14N2. The molecule has 68 valence electrons. The molecule has 1 aromatic heterocycles. The summed E-state index contributed by atoms with van der Waals surface area (Å²) in [6.45, 7) is 7.37. The first-order chi connectivity index (χ1) is 6.09. The second-order valence-corrected chi connectivity index (χ2v) is 4.45. The predicted molar refractivity (Wildman–Crippen MR) is 54.2 cm³/mol. The largest absolute Gasteiger partial charge is 0.288 e. The molecular weight excluding hydrogens is 160 g/mol. The molecule has 2 heteroatoms. The van der Waals surface area contributed by atoms with E-state index in [9.17, 15) is 0 Å². The highest BCUT2D eigenvalue weighted by Crippen LogP contribution is 2.27. The molecule has 1 aliphatic heterocycles. The minimum Gasteiger partial charge on any atom is -0.288 e. The van der Waals surface area contributed by atoms with E-state index in [2.05, 4.69) is 36.8 Å². The van der Waals surface area contributed by atoms with Gasteiger partial charge in [-0.15, -0.1) is 0 Å². The highest BCUT2D eigenvalue weighted by atomic mass is 14.8. The lowest BCUT2D eigenvalue weighted by Crippen LogP contribution is -2.16. The van der Waals surface area contributed by atoms with Crippen molar-refractivity contribution in [2.24, 2.45) is 4.99 Å². The van der Waals surface area contributed by atoms with E-state index >= 15 is 0 Å². The molecule has 0 aliphatic carbocycles. The maximum Gasteiger partial charge on any atom is 0.0647 e. The number of nitrogens with zero attached hydrogens (tertiary/aromatic N) is 2. The minimum atomic E-state index is 0.113. The van der Waals surface area contributed by atoms with E-state index in [-0.39, 0.29) is 5.41 Å². The van der Waals surface area contributed by atoms with E-state index in [1.165, 1.54) is 11.1 Å². The summed E-state index contributed by atoms with van der Waals surface area (Å²) in [5, 5.41) is 0. The van der Waals surface area contributed by atoms with E-state index in [4.69, 9.17) is 0 Å². The third-order valence-electron chi connectivity index (χ3n) is 2.27. The molecule has 2 heterocycles. The zero-order valence-corrected chi connectivity index (χ0v) is 8.33. The van der Waals surface area contributed by atoms with E-state index in [1.807, 2.05) is 12.4 Å². The van der Waals surface area contributed by atoms with Crippen molar-refractivity contribution in [1.29, 1.82) is 0 Å². The number of hydrogen-bond donors (Lipinski definition) is 0. The number of hydrogen-bond acceptors (Lipinski definition) is 2. The Balaban J connectivity index is 2.59. The van der Waals surface area contributed by atoms with Crippen LogP contribution in [0.25, 0.3) is 0 Å². The fourth-order valence-electron chi connectivity index (χ4n) is 1.63. The smallest absolute Gasteiger partial charge is 0.0647 e. The van der Waals surface area contributed by atoms with Crippen molar-refractivity contribution in [3.8, 4) is 0 Å². The molecule has 0 radical (unpaired) electrons. The molecule has 0 bridgehead atoms. The van der Waals surface area contributed by atoms with Gasteiger partial charge < -0.3 is 0 Å². The van der Waals surface area contributed by atoms with Gasteiger partial charge in [0.15, 0.2) is 0 Å². The number of aromatic nitrogens is 1. The maximum absolute atomic E-state index is 4.43. The summed E-state index contributed by atoms with van der Waals surface area (Å²) in [7, 11) is 0. The van der Waals surface area contributed by atoms with Gasteiger partial charge in [-0.05, 0) is 11.6 Å². The number of aliphatic imine (C=N–C) groups is 1. The topological polar surface area (TPSA) is 25.2 Å². The van der Waals surface area contributed by atoms with Gasteiger partial charge in [0.1, 0.15) is 0 Å². The Kier molecular flexibility index (Phi) is 1.72. The zero-order valence-electron chi connectivity index (χ0n) is 8.33. The Morgan fingerprint density at radius 2 is 2.08 bits per heavy atom. The molecule has 0 unspecified atom stereocenters. The summed E-state index contributed by atoms with van der Waals surface area (Å²) in [5.41, 5.74) is 3.81. The molecule has 2 rings (SSSR count). The van der Waals surface area contributed by atoms with E-state index in [0.29, 0.717) is 0 Å². The van der Waals surface area contributed by atoms with Gasteiger partial charge in [-0.2, -0.15) is 0 Å². The van der Waals surface area contributed by atoms with Crippen LogP contribution >= 0.6 is 0 Å². The maximum atomic E-state index is 4.43. The van der Waals surface area contributed by atoms with Crippen molar-refractivity contribution >= 4 is 6.21 Å². The number of fused-ring (bicyclic) bond motifs is 1. The van der Waals surface area contributed by atoms with E-state index < -0.39 is 0 Å². The summed E-state index contributed by atoms with van der Waals surface area (Å²) < 4.78 is 0. The minimum absolute atomic E-state index is 0.113. The molecule has 13 heavy (non-hydrogen) atoms. The number of pyridine rings is 1. The summed E-state index contributed by atoms with van der Waals surface area (Å²) in [6, 6.07) is 2.05. The fraction of sp³-hybridized carbons (Fsp3) is 0.455. The van der Waals surface area contributed by atoms with Crippen molar-refractivity contribution in [3.63, 3.8) is 0 Å². The zero-order chi connectivity index (χ0) is 9.47. The van der Waals surface area contributed by atoms with Crippen LogP contribution in [0.2, 0.25) is 0 Å². The van der Waals surface area contributed by atoms with Gasteiger partial charge in [0.2, 0.25) is 0 Å². The molecule has 0 amide bonds. The first kappa shape index (κ1) is 8.42. The molecule has 0 saturated carbocycles. The van der Waals surface area contributed by atoms with Gasteiger partial charge >= 0.3 is 0 Å². The number of rotatable bonds is 0. The van der Waals surface area contributed by atoms with Crippen LogP contribution in [0.3, 0.4) is 0 Å². The highest BCUT2D eigenvalue weighted by molar-refractivity contribution is 5.86. The third kappa shape index (κ3) is 1.37. The van der Waals surface area contributed by atoms with Crippen LogP contribution < -0.4 is 0 Å². The average molecular weight is 174 g/mol. The van der Waals surface area contributed by atoms with Crippen molar-refractivity contribution in [2.45, 2.75) is 32.7 Å². The molecule has 0 atom stereocenters. The molecule has 0 spiro atoms. The highest BCUT2D eigenvalue weighted by Gasteiger charge is 2.22. The van der Waals surface area contributed by atoms with Crippen LogP contribution in [0.5, 0.6) is 0 Å². The molecule has 0 N–H and O–H groups in total. The van der Waals surface area contributed by atoms with Gasteiger partial charge in [-0.25, -0.2) is 0 Å².